The number of rotatable bonds is 6. The van der Waals surface area contributed by atoms with Gasteiger partial charge < -0.3 is 9.47 Å². The highest BCUT2D eigenvalue weighted by Gasteiger charge is 2.45. The van der Waals surface area contributed by atoms with E-state index in [1.165, 1.54) is 43.8 Å². The van der Waals surface area contributed by atoms with E-state index in [1.807, 2.05) is 0 Å². The van der Waals surface area contributed by atoms with Crippen molar-refractivity contribution in [3.63, 3.8) is 0 Å². The van der Waals surface area contributed by atoms with Crippen LogP contribution in [0.4, 0.5) is 0 Å². The molecule has 0 aromatic heterocycles. The van der Waals surface area contributed by atoms with E-state index in [1.54, 1.807) is 11.8 Å². The zero-order chi connectivity index (χ0) is 23.9. The lowest BCUT2D eigenvalue weighted by Crippen LogP contribution is -2.31. The Morgan fingerprint density at radius 2 is 1.55 bits per heavy atom. The molecule has 0 fully saturated rings. The van der Waals surface area contributed by atoms with Gasteiger partial charge in [0.15, 0.2) is 0 Å². The Morgan fingerprint density at radius 1 is 0.909 bits per heavy atom. The average Bonchev–Trinajstić information content (AvgIpc) is 3.09. The lowest BCUT2D eigenvalue weighted by Gasteiger charge is -2.27. The summed E-state index contributed by atoms with van der Waals surface area (Å²) in [6, 6.07) is 17.7. The first-order chi connectivity index (χ1) is 15.6. The zero-order valence-electron chi connectivity index (χ0n) is 21.2. The summed E-state index contributed by atoms with van der Waals surface area (Å²) < 4.78 is 13.1. The Hall–Kier alpha value is -2.39. The van der Waals surface area contributed by atoms with Gasteiger partial charge in [-0.2, -0.15) is 0 Å². The molecule has 1 aliphatic heterocycles. The molecule has 174 valence electrons. The molecule has 0 N–H and O–H groups in total. The van der Waals surface area contributed by atoms with Crippen LogP contribution in [-0.4, -0.2) is 11.9 Å². The second-order valence-corrected chi connectivity index (χ2v) is 10.9. The average molecular weight is 461 g/mol. The lowest BCUT2D eigenvalue weighted by molar-refractivity contribution is 0.121. The summed E-state index contributed by atoms with van der Waals surface area (Å²) in [5.41, 5.74) is 8.33. The number of hydrogen-bond donors (Lipinski definition) is 0. The fourth-order valence-electron chi connectivity index (χ4n) is 5.00. The van der Waals surface area contributed by atoms with E-state index in [2.05, 4.69) is 103 Å². The Morgan fingerprint density at radius 3 is 2.12 bits per heavy atom. The highest BCUT2D eigenvalue weighted by atomic mass is 32.2. The van der Waals surface area contributed by atoms with E-state index < -0.39 is 0 Å². The van der Waals surface area contributed by atoms with Crippen LogP contribution >= 0.6 is 11.8 Å². The molecule has 0 saturated heterocycles. The summed E-state index contributed by atoms with van der Waals surface area (Å²) in [6.45, 7) is 15.9. The van der Waals surface area contributed by atoms with Gasteiger partial charge in [0.1, 0.15) is 23.7 Å². The predicted molar refractivity (Wildman–Crippen MR) is 140 cm³/mol. The first-order valence-electron chi connectivity index (χ1n) is 11.8. The number of fused-ring (bicyclic) bond motifs is 1. The van der Waals surface area contributed by atoms with Crippen molar-refractivity contribution in [3.05, 3.63) is 87.5 Å². The Labute approximate surface area is 203 Å². The van der Waals surface area contributed by atoms with E-state index in [-0.39, 0.29) is 11.5 Å². The molecule has 0 aliphatic carbocycles. The largest absolute Gasteiger partial charge is 0.488 e. The molecule has 1 unspecified atom stereocenters. The molecule has 2 nitrogen and oxygen atoms in total. The number of hydrogen-bond acceptors (Lipinski definition) is 3. The minimum atomic E-state index is -0.323. The van der Waals surface area contributed by atoms with E-state index in [4.69, 9.17) is 9.47 Å². The van der Waals surface area contributed by atoms with Crippen molar-refractivity contribution in [1.29, 1.82) is 0 Å². The third-order valence-electron chi connectivity index (χ3n) is 7.06. The molecule has 3 heteroatoms. The van der Waals surface area contributed by atoms with E-state index in [0.717, 1.165) is 11.5 Å². The Bertz CT molecular complexity index is 1140. The van der Waals surface area contributed by atoms with Gasteiger partial charge in [0.2, 0.25) is 0 Å². The Balaban J connectivity index is 1.74. The molecule has 33 heavy (non-hydrogen) atoms. The van der Waals surface area contributed by atoms with Crippen molar-refractivity contribution in [2.45, 2.75) is 77.4 Å². The van der Waals surface area contributed by atoms with Crippen molar-refractivity contribution in [2.75, 3.05) is 6.26 Å². The monoisotopic (exact) mass is 460 g/mol. The SMILES string of the molecule is CSc1ccc(COc2c(C)c(C)c3c(c2C)C(c2ccc(C(C)C)cc2)C(C)(C)O3)cc1. The molecule has 1 atom stereocenters. The molecule has 0 bridgehead atoms. The normalized spacial score (nSPS) is 16.6. The molecule has 3 aromatic rings. The van der Waals surface area contributed by atoms with Crippen LogP contribution in [0.1, 0.15) is 78.5 Å². The second-order valence-electron chi connectivity index (χ2n) is 10.0. The molecule has 3 aromatic carbocycles. The standard InChI is InChI=1S/C30H36O2S/c1-18(2)23-11-13-24(14-12-23)27-26-21(5)28(19(3)20(4)29(26)32-30(27,6)7)31-17-22-9-15-25(33-8)16-10-22/h9-16,18,27H,17H2,1-8H3. The zero-order valence-corrected chi connectivity index (χ0v) is 22.0. The predicted octanol–water partition coefficient (Wildman–Crippen LogP) is 8.34. The van der Waals surface area contributed by atoms with Crippen molar-refractivity contribution in [3.8, 4) is 11.5 Å². The van der Waals surface area contributed by atoms with Crippen molar-refractivity contribution in [2.24, 2.45) is 0 Å². The summed E-state index contributed by atoms with van der Waals surface area (Å²) in [4.78, 5) is 1.27. The summed E-state index contributed by atoms with van der Waals surface area (Å²) in [6.07, 6.45) is 2.10. The van der Waals surface area contributed by atoms with Crippen LogP contribution < -0.4 is 9.47 Å². The molecule has 0 saturated carbocycles. The number of benzene rings is 3. The van der Waals surface area contributed by atoms with Crippen LogP contribution in [0, 0.1) is 20.8 Å². The first kappa shape index (κ1) is 23.8. The smallest absolute Gasteiger partial charge is 0.127 e. The van der Waals surface area contributed by atoms with Gasteiger partial charge in [0.25, 0.3) is 0 Å². The maximum absolute atomic E-state index is 6.62. The van der Waals surface area contributed by atoms with Gasteiger partial charge in [0, 0.05) is 10.5 Å². The van der Waals surface area contributed by atoms with Crippen LogP contribution in [-0.2, 0) is 6.61 Å². The van der Waals surface area contributed by atoms with E-state index >= 15 is 0 Å². The van der Waals surface area contributed by atoms with Gasteiger partial charge in [-0.1, -0.05) is 50.2 Å². The quantitative estimate of drug-likeness (QED) is 0.344. The third kappa shape index (κ3) is 4.40. The van der Waals surface area contributed by atoms with Crippen molar-refractivity contribution in [1.82, 2.24) is 0 Å². The van der Waals surface area contributed by atoms with Crippen molar-refractivity contribution >= 4 is 11.8 Å². The van der Waals surface area contributed by atoms with Gasteiger partial charge in [-0.05, 0) is 92.3 Å². The fourth-order valence-corrected chi connectivity index (χ4v) is 5.41. The molecule has 1 aliphatic rings. The van der Waals surface area contributed by atoms with Crippen molar-refractivity contribution < 1.29 is 9.47 Å². The molecule has 0 radical (unpaired) electrons. The van der Waals surface area contributed by atoms with E-state index in [0.29, 0.717) is 12.5 Å². The lowest BCUT2D eigenvalue weighted by atomic mass is 9.78. The van der Waals surface area contributed by atoms with Gasteiger partial charge in [-0.3, -0.25) is 0 Å². The van der Waals surface area contributed by atoms with Crippen LogP contribution in [0.2, 0.25) is 0 Å². The summed E-state index contributed by atoms with van der Waals surface area (Å²) in [5.74, 6) is 2.71. The molecule has 1 heterocycles. The van der Waals surface area contributed by atoms with Crippen LogP contribution in [0.15, 0.2) is 53.4 Å². The number of ether oxygens (including phenoxy) is 2. The van der Waals surface area contributed by atoms with Crippen LogP contribution in [0.3, 0.4) is 0 Å². The highest BCUT2D eigenvalue weighted by molar-refractivity contribution is 7.98. The van der Waals surface area contributed by atoms with Gasteiger partial charge in [-0.15, -0.1) is 11.8 Å². The highest BCUT2D eigenvalue weighted by Crippen LogP contribution is 2.54. The maximum atomic E-state index is 6.62. The van der Waals surface area contributed by atoms with Crippen LogP contribution in [0.5, 0.6) is 11.5 Å². The third-order valence-corrected chi connectivity index (χ3v) is 7.80. The summed E-state index contributed by atoms with van der Waals surface area (Å²) >= 11 is 1.76. The summed E-state index contributed by atoms with van der Waals surface area (Å²) in [5, 5.41) is 0. The van der Waals surface area contributed by atoms with Gasteiger partial charge in [-0.25, -0.2) is 0 Å². The molecular formula is C30H36O2S. The van der Waals surface area contributed by atoms with E-state index in [9.17, 15) is 0 Å². The van der Waals surface area contributed by atoms with Crippen LogP contribution in [0.25, 0.3) is 0 Å². The molecule has 4 rings (SSSR count). The summed E-state index contributed by atoms with van der Waals surface area (Å²) in [7, 11) is 0. The molecule has 0 amide bonds. The Kier molecular flexibility index (Phi) is 6.55. The fraction of sp³-hybridized carbons (Fsp3) is 0.400. The number of thioether (sulfide) groups is 1. The minimum absolute atomic E-state index is 0.163. The second kappa shape index (κ2) is 9.10. The topological polar surface area (TPSA) is 18.5 Å². The first-order valence-corrected chi connectivity index (χ1v) is 13.0. The molecule has 0 spiro atoms. The maximum Gasteiger partial charge on any atom is 0.127 e. The minimum Gasteiger partial charge on any atom is -0.488 e. The molecular weight excluding hydrogens is 424 g/mol. The van der Waals surface area contributed by atoms with Gasteiger partial charge >= 0.3 is 0 Å². The van der Waals surface area contributed by atoms with Gasteiger partial charge in [0.05, 0.1) is 5.92 Å².